The van der Waals surface area contributed by atoms with Crippen LogP contribution < -0.4 is 0 Å². The molecule has 2 radical (unpaired) electrons. The highest BCUT2D eigenvalue weighted by molar-refractivity contribution is 6.14. The Morgan fingerprint density at radius 3 is 1.71 bits per heavy atom. The van der Waals surface area contributed by atoms with Crippen molar-refractivity contribution in [1.82, 2.24) is 0 Å². The van der Waals surface area contributed by atoms with Crippen molar-refractivity contribution in [3.8, 4) is 0 Å². The van der Waals surface area contributed by atoms with Gasteiger partial charge in [0, 0.05) is 0 Å². The lowest BCUT2D eigenvalue weighted by Crippen LogP contribution is -2.27. The predicted octanol–water partition coefficient (Wildman–Crippen LogP) is 5.77. The van der Waals surface area contributed by atoms with Crippen LogP contribution in [-0.4, -0.2) is 7.85 Å². The van der Waals surface area contributed by atoms with Gasteiger partial charge < -0.3 is 0 Å². The van der Waals surface area contributed by atoms with E-state index in [4.69, 9.17) is 7.85 Å². The average Bonchev–Trinajstić information content (AvgIpc) is 2.71. The Labute approximate surface area is 111 Å². The van der Waals surface area contributed by atoms with Crippen molar-refractivity contribution in [3.05, 3.63) is 0 Å². The van der Waals surface area contributed by atoms with Gasteiger partial charge in [-0.25, -0.2) is 0 Å². The Morgan fingerprint density at radius 1 is 0.882 bits per heavy atom. The zero-order chi connectivity index (χ0) is 13.5. The summed E-state index contributed by atoms with van der Waals surface area (Å²) in [6.07, 6.45) is 9.70. The maximum Gasteiger partial charge on any atom is 0.0742 e. The molecule has 0 bridgehead atoms. The van der Waals surface area contributed by atoms with Gasteiger partial charge in [-0.3, -0.25) is 0 Å². The first-order valence-corrected chi connectivity index (χ1v) is 7.80. The number of hydrogen-bond acceptors (Lipinski definition) is 0. The van der Waals surface area contributed by atoms with Gasteiger partial charge in [0.1, 0.15) is 0 Å². The molecule has 1 unspecified atom stereocenters. The number of hydrogen-bond donors (Lipinski definition) is 0. The molecule has 1 heteroatoms. The summed E-state index contributed by atoms with van der Waals surface area (Å²) in [6.45, 7) is 12.6. The first-order chi connectivity index (χ1) is 8.02. The van der Waals surface area contributed by atoms with Gasteiger partial charge in [0.25, 0.3) is 0 Å². The van der Waals surface area contributed by atoms with E-state index in [1.54, 1.807) is 0 Å². The Bertz CT molecular complexity index is 186. The average molecular weight is 236 g/mol. The highest BCUT2D eigenvalue weighted by Gasteiger charge is 2.41. The molecule has 2 aliphatic rings. The number of rotatable bonds is 0. The Hall–Kier alpha value is 0.0649. The SMILES string of the molecule is CC.CC.[B]C1(C)CCC2(CCC(C)C2)CC1. The Kier molecular flexibility index (Phi) is 7.52. The van der Waals surface area contributed by atoms with Gasteiger partial charge in [-0.05, 0) is 37.0 Å². The predicted molar refractivity (Wildman–Crippen MR) is 80.7 cm³/mol. The molecule has 2 saturated carbocycles. The van der Waals surface area contributed by atoms with E-state index < -0.39 is 0 Å². The third-order valence-electron chi connectivity index (χ3n) is 4.40. The van der Waals surface area contributed by atoms with Gasteiger partial charge in [0.15, 0.2) is 0 Å². The van der Waals surface area contributed by atoms with E-state index in [9.17, 15) is 0 Å². The molecule has 0 aromatic carbocycles. The Morgan fingerprint density at radius 2 is 1.35 bits per heavy atom. The van der Waals surface area contributed by atoms with Gasteiger partial charge in [-0.1, -0.05) is 66.1 Å². The second-order valence-electron chi connectivity index (χ2n) is 6.00. The van der Waals surface area contributed by atoms with Crippen LogP contribution in [0.15, 0.2) is 0 Å². The zero-order valence-corrected chi connectivity index (χ0v) is 13.1. The molecule has 2 rings (SSSR count). The van der Waals surface area contributed by atoms with E-state index in [1.165, 1.54) is 44.9 Å². The molecule has 0 heterocycles. The standard InChI is InChI=1S/C12H21B.2C2H6/c1-10-3-4-12(9-10)7-5-11(2,13)6-8-12;2*1-2/h10H,3-9H2,1-2H3;2*1-2H3. The molecule has 0 aromatic heterocycles. The minimum Gasteiger partial charge on any atom is -0.0688 e. The van der Waals surface area contributed by atoms with Crippen molar-refractivity contribution in [2.45, 2.75) is 91.8 Å². The quantitative estimate of drug-likeness (QED) is 0.468. The minimum atomic E-state index is 0.150. The van der Waals surface area contributed by atoms with E-state index in [0.29, 0.717) is 0 Å². The van der Waals surface area contributed by atoms with Crippen molar-refractivity contribution >= 4 is 7.85 Å². The van der Waals surface area contributed by atoms with Crippen LogP contribution in [0.3, 0.4) is 0 Å². The summed E-state index contributed by atoms with van der Waals surface area (Å²) in [5, 5.41) is 0.150. The monoisotopic (exact) mass is 236 g/mol. The molecule has 2 aliphatic carbocycles. The van der Waals surface area contributed by atoms with Crippen LogP contribution in [0.25, 0.3) is 0 Å². The molecule has 0 saturated heterocycles. The van der Waals surface area contributed by atoms with E-state index >= 15 is 0 Å². The van der Waals surface area contributed by atoms with Crippen LogP contribution in [-0.2, 0) is 0 Å². The fraction of sp³-hybridized carbons (Fsp3) is 1.00. The summed E-state index contributed by atoms with van der Waals surface area (Å²) in [6, 6.07) is 0. The van der Waals surface area contributed by atoms with Crippen LogP contribution in [0.5, 0.6) is 0 Å². The highest BCUT2D eigenvalue weighted by Crippen LogP contribution is 2.56. The van der Waals surface area contributed by atoms with Gasteiger partial charge >= 0.3 is 0 Å². The molecule has 2 fully saturated rings. The second-order valence-corrected chi connectivity index (χ2v) is 6.00. The van der Waals surface area contributed by atoms with Crippen LogP contribution in [0.1, 0.15) is 86.5 Å². The molecule has 0 aromatic rings. The maximum atomic E-state index is 6.16. The molecule has 17 heavy (non-hydrogen) atoms. The lowest BCUT2D eigenvalue weighted by atomic mass is 9.55. The van der Waals surface area contributed by atoms with Crippen molar-refractivity contribution in [3.63, 3.8) is 0 Å². The third-order valence-corrected chi connectivity index (χ3v) is 4.40. The molecule has 0 amide bonds. The summed E-state index contributed by atoms with van der Waals surface area (Å²) < 4.78 is 0. The lowest BCUT2D eigenvalue weighted by Gasteiger charge is -2.42. The van der Waals surface area contributed by atoms with Crippen molar-refractivity contribution < 1.29 is 0 Å². The molecule has 0 nitrogen and oxygen atoms in total. The smallest absolute Gasteiger partial charge is 0.0688 e. The van der Waals surface area contributed by atoms with Gasteiger partial charge in [-0.15, -0.1) is 0 Å². The zero-order valence-electron chi connectivity index (χ0n) is 13.1. The van der Waals surface area contributed by atoms with Gasteiger partial charge in [0.2, 0.25) is 0 Å². The lowest BCUT2D eigenvalue weighted by molar-refractivity contribution is 0.164. The van der Waals surface area contributed by atoms with Crippen molar-refractivity contribution in [2.24, 2.45) is 11.3 Å². The van der Waals surface area contributed by atoms with E-state index in [-0.39, 0.29) is 5.31 Å². The summed E-state index contributed by atoms with van der Waals surface area (Å²) >= 11 is 0. The fourth-order valence-corrected chi connectivity index (χ4v) is 3.30. The molecule has 0 aliphatic heterocycles. The summed E-state index contributed by atoms with van der Waals surface area (Å²) in [7, 11) is 6.16. The van der Waals surface area contributed by atoms with E-state index in [0.717, 1.165) is 11.3 Å². The fourth-order valence-electron chi connectivity index (χ4n) is 3.30. The normalized spacial score (nSPS) is 40.0. The van der Waals surface area contributed by atoms with Crippen LogP contribution >= 0.6 is 0 Å². The second kappa shape index (κ2) is 7.49. The molecule has 1 atom stereocenters. The Balaban J connectivity index is 0.000000581. The summed E-state index contributed by atoms with van der Waals surface area (Å²) in [4.78, 5) is 0. The first kappa shape index (κ1) is 17.1. The first-order valence-electron chi connectivity index (χ1n) is 7.80. The third kappa shape index (κ3) is 5.06. The molecular formula is C16H33B. The molecule has 0 N–H and O–H groups in total. The molecule has 100 valence electrons. The van der Waals surface area contributed by atoms with E-state index in [1.807, 2.05) is 27.7 Å². The van der Waals surface area contributed by atoms with Crippen LogP contribution in [0.2, 0.25) is 5.31 Å². The van der Waals surface area contributed by atoms with Crippen molar-refractivity contribution in [2.75, 3.05) is 0 Å². The molecule has 1 spiro atoms. The van der Waals surface area contributed by atoms with E-state index in [2.05, 4.69) is 13.8 Å². The van der Waals surface area contributed by atoms with Crippen molar-refractivity contribution in [1.29, 1.82) is 0 Å². The maximum absolute atomic E-state index is 6.16. The summed E-state index contributed by atoms with van der Waals surface area (Å²) in [5.74, 6) is 0.974. The highest BCUT2D eigenvalue weighted by atomic mass is 14.5. The molecular weight excluding hydrogens is 203 g/mol. The van der Waals surface area contributed by atoms with Gasteiger partial charge in [0.05, 0.1) is 7.85 Å². The topological polar surface area (TPSA) is 0 Å². The summed E-state index contributed by atoms with van der Waals surface area (Å²) in [5.41, 5.74) is 0.721. The van der Waals surface area contributed by atoms with Gasteiger partial charge in [-0.2, -0.15) is 0 Å². The van der Waals surface area contributed by atoms with Crippen LogP contribution in [0, 0.1) is 11.3 Å². The van der Waals surface area contributed by atoms with Crippen LogP contribution in [0.4, 0.5) is 0 Å². The largest absolute Gasteiger partial charge is 0.0742 e. The minimum absolute atomic E-state index is 0.150.